The molecule has 2 nitrogen and oxygen atoms in total. The van der Waals surface area contributed by atoms with E-state index >= 15 is 0 Å². The van der Waals surface area contributed by atoms with E-state index in [1.54, 1.807) is 0 Å². The Morgan fingerprint density at radius 3 is 2.17 bits per heavy atom. The lowest BCUT2D eigenvalue weighted by molar-refractivity contribution is -0.115. The van der Waals surface area contributed by atoms with Gasteiger partial charge in [0.05, 0.1) is 0 Å². The fourth-order valence-corrected chi connectivity index (χ4v) is 0.803. The number of Topliss-reactive ketones (excluding diaryl/α,β-unsaturated/α-hetero) is 1. The number of carbonyl (C=O) groups is 1. The second-order valence-electron chi connectivity index (χ2n) is 3.06. The topological polar surface area (TPSA) is 29.1 Å². The van der Waals surface area contributed by atoms with Gasteiger partial charge in [0, 0.05) is 24.7 Å². The van der Waals surface area contributed by atoms with Crippen molar-refractivity contribution < 1.29 is 4.79 Å². The third kappa shape index (κ3) is 3.37. The maximum atomic E-state index is 11.4. The average Bonchev–Trinajstić information content (AvgIpc) is 2.00. The van der Waals surface area contributed by atoms with Gasteiger partial charge in [-0.05, 0) is 20.8 Å². The number of ketones is 1. The highest BCUT2D eigenvalue weighted by atomic mass is 16.1. The van der Waals surface area contributed by atoms with Crippen LogP contribution in [0.4, 0.5) is 0 Å². The van der Waals surface area contributed by atoms with Gasteiger partial charge < -0.3 is 5.32 Å². The molecule has 0 fully saturated rings. The van der Waals surface area contributed by atoms with E-state index in [4.69, 9.17) is 0 Å². The zero-order valence-electron chi connectivity index (χ0n) is 8.32. The molecule has 12 heavy (non-hydrogen) atoms. The summed E-state index contributed by atoms with van der Waals surface area (Å²) in [6, 6.07) is 0. The van der Waals surface area contributed by atoms with E-state index < -0.39 is 0 Å². The van der Waals surface area contributed by atoms with Gasteiger partial charge in [0.15, 0.2) is 5.78 Å². The first-order valence-corrected chi connectivity index (χ1v) is 4.01. The van der Waals surface area contributed by atoms with E-state index in [2.05, 4.69) is 11.9 Å². The predicted molar refractivity (Wildman–Crippen MR) is 51.9 cm³/mol. The molecule has 0 amide bonds. The van der Waals surface area contributed by atoms with Gasteiger partial charge in [-0.1, -0.05) is 12.2 Å². The van der Waals surface area contributed by atoms with Crippen LogP contribution in [0.3, 0.4) is 0 Å². The van der Waals surface area contributed by atoms with E-state index in [1.165, 1.54) is 0 Å². The number of rotatable bonds is 4. The molecule has 0 rings (SSSR count). The zero-order chi connectivity index (χ0) is 9.72. The molecule has 0 aliphatic heterocycles. The van der Waals surface area contributed by atoms with Gasteiger partial charge in [0.25, 0.3) is 0 Å². The number of hydrogen-bond acceptors (Lipinski definition) is 2. The summed E-state index contributed by atoms with van der Waals surface area (Å²) in [6.45, 7) is 9.28. The van der Waals surface area contributed by atoms with Crippen LogP contribution in [-0.4, -0.2) is 12.8 Å². The predicted octanol–water partition coefficient (Wildman–Crippen LogP) is 2.04. The normalized spacial score (nSPS) is 12.0. The fraction of sp³-hybridized carbons (Fsp3) is 0.500. The summed E-state index contributed by atoms with van der Waals surface area (Å²) >= 11 is 0. The van der Waals surface area contributed by atoms with Crippen LogP contribution < -0.4 is 5.32 Å². The van der Waals surface area contributed by atoms with Crippen LogP contribution in [0.25, 0.3) is 0 Å². The largest absolute Gasteiger partial charge is 0.391 e. The highest BCUT2D eigenvalue weighted by Gasteiger charge is 2.06. The molecule has 0 bridgehead atoms. The van der Waals surface area contributed by atoms with Crippen molar-refractivity contribution in [2.75, 3.05) is 7.05 Å². The van der Waals surface area contributed by atoms with Crippen LogP contribution in [0.1, 0.15) is 27.2 Å². The number of hydrogen-bond donors (Lipinski definition) is 1. The standard InChI is InChI=1S/C10H17NO/c1-7(2)6-10(12)8(3)9(4)11-5/h11H,1,6H2,2-5H3/b9-8-. The number of nitrogens with one attached hydrogen (secondary N) is 1. The molecule has 0 spiro atoms. The SMILES string of the molecule is C=C(C)CC(=O)/C(C)=C(/C)NC. The summed E-state index contributed by atoms with van der Waals surface area (Å²) in [6.07, 6.45) is 0.449. The molecule has 0 aromatic carbocycles. The van der Waals surface area contributed by atoms with Gasteiger partial charge in [-0.25, -0.2) is 0 Å². The summed E-state index contributed by atoms with van der Waals surface area (Å²) in [5.41, 5.74) is 2.63. The van der Waals surface area contributed by atoms with Gasteiger partial charge in [-0.3, -0.25) is 4.79 Å². The summed E-state index contributed by atoms with van der Waals surface area (Å²) in [5.74, 6) is 0.148. The first-order chi connectivity index (χ1) is 5.49. The Bertz CT molecular complexity index is 226. The van der Waals surface area contributed by atoms with Crippen LogP contribution in [0, 0.1) is 0 Å². The van der Waals surface area contributed by atoms with E-state index in [-0.39, 0.29) is 5.78 Å². The molecule has 0 saturated carbocycles. The highest BCUT2D eigenvalue weighted by Crippen LogP contribution is 2.07. The molecule has 0 radical (unpaired) electrons. The lowest BCUT2D eigenvalue weighted by Crippen LogP contribution is -2.10. The molecule has 0 saturated heterocycles. The maximum absolute atomic E-state index is 11.4. The second kappa shape index (κ2) is 4.75. The monoisotopic (exact) mass is 167 g/mol. The molecule has 0 heterocycles. The Labute approximate surface area is 74.4 Å². The molecule has 0 unspecified atom stereocenters. The van der Waals surface area contributed by atoms with Crippen LogP contribution >= 0.6 is 0 Å². The van der Waals surface area contributed by atoms with E-state index in [9.17, 15) is 4.79 Å². The van der Waals surface area contributed by atoms with Gasteiger partial charge in [0.2, 0.25) is 0 Å². The first kappa shape index (κ1) is 11.0. The summed E-state index contributed by atoms with van der Waals surface area (Å²) in [7, 11) is 1.81. The highest BCUT2D eigenvalue weighted by molar-refractivity contribution is 5.96. The Kier molecular flexibility index (Phi) is 4.34. The Morgan fingerprint density at radius 2 is 1.83 bits per heavy atom. The summed E-state index contributed by atoms with van der Waals surface area (Å²) in [4.78, 5) is 11.4. The van der Waals surface area contributed by atoms with E-state index in [0.717, 1.165) is 16.8 Å². The van der Waals surface area contributed by atoms with Gasteiger partial charge >= 0.3 is 0 Å². The third-order valence-electron chi connectivity index (χ3n) is 1.82. The van der Waals surface area contributed by atoms with Gasteiger partial charge in [-0.2, -0.15) is 0 Å². The Hall–Kier alpha value is -1.05. The minimum absolute atomic E-state index is 0.148. The summed E-state index contributed by atoms with van der Waals surface area (Å²) < 4.78 is 0. The summed E-state index contributed by atoms with van der Waals surface area (Å²) in [5, 5.41) is 2.95. The van der Waals surface area contributed by atoms with Crippen LogP contribution in [0.5, 0.6) is 0 Å². The maximum Gasteiger partial charge on any atom is 0.164 e. The van der Waals surface area contributed by atoms with Crippen molar-refractivity contribution in [2.45, 2.75) is 27.2 Å². The van der Waals surface area contributed by atoms with Crippen molar-refractivity contribution in [1.29, 1.82) is 0 Å². The Balaban J connectivity index is 4.39. The molecule has 0 aromatic rings. The molecular formula is C10H17NO. The van der Waals surface area contributed by atoms with Crippen molar-refractivity contribution >= 4 is 5.78 Å². The lowest BCUT2D eigenvalue weighted by Gasteiger charge is -2.05. The van der Waals surface area contributed by atoms with Gasteiger partial charge in [-0.15, -0.1) is 0 Å². The molecule has 0 aliphatic carbocycles. The van der Waals surface area contributed by atoms with Crippen molar-refractivity contribution in [3.8, 4) is 0 Å². The molecule has 2 heteroatoms. The van der Waals surface area contributed by atoms with Crippen molar-refractivity contribution in [1.82, 2.24) is 5.32 Å². The van der Waals surface area contributed by atoms with Crippen LogP contribution in [0.2, 0.25) is 0 Å². The molecule has 68 valence electrons. The third-order valence-corrected chi connectivity index (χ3v) is 1.82. The Morgan fingerprint density at radius 1 is 1.33 bits per heavy atom. The van der Waals surface area contributed by atoms with E-state index in [0.29, 0.717) is 6.42 Å². The molecular weight excluding hydrogens is 150 g/mol. The second-order valence-corrected chi connectivity index (χ2v) is 3.06. The average molecular weight is 167 g/mol. The minimum atomic E-state index is 0.148. The van der Waals surface area contributed by atoms with Crippen LogP contribution in [-0.2, 0) is 4.79 Å². The molecule has 0 aromatic heterocycles. The van der Waals surface area contributed by atoms with Gasteiger partial charge in [0.1, 0.15) is 0 Å². The van der Waals surface area contributed by atoms with Crippen molar-refractivity contribution in [2.24, 2.45) is 0 Å². The molecule has 0 aliphatic rings. The number of allylic oxidation sites excluding steroid dienone is 3. The molecule has 1 N–H and O–H groups in total. The van der Waals surface area contributed by atoms with Crippen molar-refractivity contribution in [3.05, 3.63) is 23.4 Å². The fourth-order valence-electron chi connectivity index (χ4n) is 0.803. The first-order valence-electron chi connectivity index (χ1n) is 4.01. The lowest BCUT2D eigenvalue weighted by atomic mass is 10.1. The van der Waals surface area contributed by atoms with Crippen molar-refractivity contribution in [3.63, 3.8) is 0 Å². The molecule has 0 atom stereocenters. The van der Waals surface area contributed by atoms with Crippen LogP contribution in [0.15, 0.2) is 23.4 Å². The quantitative estimate of drug-likeness (QED) is 0.513. The minimum Gasteiger partial charge on any atom is -0.391 e. The smallest absolute Gasteiger partial charge is 0.164 e. The van der Waals surface area contributed by atoms with E-state index in [1.807, 2.05) is 27.8 Å². The zero-order valence-corrected chi connectivity index (χ0v) is 8.32. The number of carbonyl (C=O) groups excluding carboxylic acids is 1.